The number of aromatic amines is 1. The summed E-state index contributed by atoms with van der Waals surface area (Å²) in [7, 11) is 1.64. The number of aromatic nitrogens is 3. The average Bonchev–Trinajstić information content (AvgIpc) is 2.90. The highest BCUT2D eigenvalue weighted by Crippen LogP contribution is 2.34. The van der Waals surface area contributed by atoms with E-state index in [1.54, 1.807) is 13.3 Å². The van der Waals surface area contributed by atoms with Crippen molar-refractivity contribution in [2.45, 2.75) is 0 Å². The molecule has 5 heteroatoms. The monoisotopic (exact) mass is 266 g/mol. The minimum atomic E-state index is 0.454. The Labute approximate surface area is 116 Å². The van der Waals surface area contributed by atoms with Gasteiger partial charge in [-0.1, -0.05) is 18.2 Å². The van der Waals surface area contributed by atoms with Crippen molar-refractivity contribution < 1.29 is 4.74 Å². The van der Waals surface area contributed by atoms with Gasteiger partial charge in [-0.2, -0.15) is 5.10 Å². The third-order valence-electron chi connectivity index (χ3n) is 3.09. The Bertz CT molecular complexity index is 704. The summed E-state index contributed by atoms with van der Waals surface area (Å²) in [6.45, 7) is 0. The number of rotatable bonds is 3. The number of ether oxygens (including phenoxy) is 1. The predicted octanol–water partition coefficient (Wildman–Crippen LogP) is 2.73. The lowest BCUT2D eigenvalue weighted by molar-refractivity contribution is 0.415. The zero-order valence-electron chi connectivity index (χ0n) is 11.0. The van der Waals surface area contributed by atoms with Crippen LogP contribution in [0.4, 0.5) is 5.82 Å². The van der Waals surface area contributed by atoms with Crippen LogP contribution in [0.1, 0.15) is 0 Å². The number of pyridine rings is 1. The number of nitrogens with one attached hydrogen (secondary N) is 1. The van der Waals surface area contributed by atoms with Crippen molar-refractivity contribution in [2.75, 3.05) is 12.8 Å². The Hall–Kier alpha value is -2.82. The van der Waals surface area contributed by atoms with Gasteiger partial charge in [0.05, 0.1) is 24.1 Å². The Morgan fingerprint density at radius 1 is 1.10 bits per heavy atom. The van der Waals surface area contributed by atoms with Crippen LogP contribution in [0.5, 0.6) is 5.75 Å². The Kier molecular flexibility index (Phi) is 3.09. The molecule has 5 nitrogen and oxygen atoms in total. The second-order valence-electron chi connectivity index (χ2n) is 4.30. The molecule has 20 heavy (non-hydrogen) atoms. The molecule has 0 aliphatic heterocycles. The average molecular weight is 266 g/mol. The summed E-state index contributed by atoms with van der Waals surface area (Å²) >= 11 is 0. The third-order valence-corrected chi connectivity index (χ3v) is 3.09. The van der Waals surface area contributed by atoms with Gasteiger partial charge in [0.1, 0.15) is 5.75 Å². The first-order chi connectivity index (χ1) is 9.79. The molecule has 0 bridgehead atoms. The van der Waals surface area contributed by atoms with Gasteiger partial charge in [-0.25, -0.2) is 0 Å². The number of methoxy groups -OCH3 is 1. The van der Waals surface area contributed by atoms with E-state index in [4.69, 9.17) is 10.5 Å². The number of H-pyrrole nitrogens is 1. The maximum atomic E-state index is 5.98. The molecule has 0 saturated carbocycles. The second kappa shape index (κ2) is 5.05. The topological polar surface area (TPSA) is 76.8 Å². The molecule has 0 unspecified atom stereocenters. The molecule has 0 aliphatic carbocycles. The molecule has 3 N–H and O–H groups in total. The van der Waals surface area contributed by atoms with Gasteiger partial charge in [0.25, 0.3) is 0 Å². The molecule has 0 radical (unpaired) electrons. The van der Waals surface area contributed by atoms with Crippen LogP contribution in [0.3, 0.4) is 0 Å². The van der Waals surface area contributed by atoms with E-state index in [-0.39, 0.29) is 0 Å². The molecule has 3 rings (SSSR count). The normalized spacial score (nSPS) is 10.4. The fourth-order valence-corrected chi connectivity index (χ4v) is 2.10. The smallest absolute Gasteiger partial charge is 0.153 e. The van der Waals surface area contributed by atoms with Crippen molar-refractivity contribution in [1.29, 1.82) is 0 Å². The Balaban J connectivity index is 2.11. The summed E-state index contributed by atoms with van der Waals surface area (Å²) in [5.41, 5.74) is 9.42. The first-order valence-electron chi connectivity index (χ1n) is 6.19. The SMILES string of the molecule is COc1ccc(-c2c(N)n[nH]c2-c2ccccn2)cc1. The molecule has 3 aromatic rings. The first-order valence-corrected chi connectivity index (χ1v) is 6.19. The van der Waals surface area contributed by atoms with Crippen LogP contribution >= 0.6 is 0 Å². The van der Waals surface area contributed by atoms with Crippen molar-refractivity contribution in [3.8, 4) is 28.3 Å². The fourth-order valence-electron chi connectivity index (χ4n) is 2.10. The molecule has 100 valence electrons. The summed E-state index contributed by atoms with van der Waals surface area (Å²) in [6, 6.07) is 13.4. The van der Waals surface area contributed by atoms with Gasteiger partial charge in [-0.3, -0.25) is 10.1 Å². The summed E-state index contributed by atoms with van der Waals surface area (Å²) in [6.07, 6.45) is 1.74. The first kappa shape index (κ1) is 12.2. The Morgan fingerprint density at radius 3 is 2.55 bits per heavy atom. The van der Waals surface area contributed by atoms with Crippen LogP contribution in [0.25, 0.3) is 22.5 Å². The summed E-state index contributed by atoms with van der Waals surface area (Å²) in [4.78, 5) is 4.33. The van der Waals surface area contributed by atoms with E-state index in [2.05, 4.69) is 15.2 Å². The lowest BCUT2D eigenvalue weighted by Crippen LogP contribution is -1.90. The zero-order valence-corrected chi connectivity index (χ0v) is 11.0. The van der Waals surface area contributed by atoms with E-state index in [1.165, 1.54) is 0 Å². The molecule has 2 heterocycles. The van der Waals surface area contributed by atoms with Crippen LogP contribution in [0, 0.1) is 0 Å². The molecule has 1 aromatic carbocycles. The quantitative estimate of drug-likeness (QED) is 0.764. The van der Waals surface area contributed by atoms with Gasteiger partial charge >= 0.3 is 0 Å². The van der Waals surface area contributed by atoms with Crippen LogP contribution < -0.4 is 10.5 Å². The van der Waals surface area contributed by atoms with Crippen molar-refractivity contribution >= 4 is 5.82 Å². The standard InChI is InChI=1S/C15H14N4O/c1-20-11-7-5-10(6-8-11)13-14(18-19-15(13)16)12-4-2-3-9-17-12/h2-9H,1H3,(H3,16,18,19). The minimum absolute atomic E-state index is 0.454. The van der Waals surface area contributed by atoms with E-state index in [0.717, 1.165) is 28.3 Å². The third kappa shape index (κ3) is 2.09. The minimum Gasteiger partial charge on any atom is -0.497 e. The highest BCUT2D eigenvalue weighted by Gasteiger charge is 2.15. The van der Waals surface area contributed by atoms with E-state index >= 15 is 0 Å². The van der Waals surface area contributed by atoms with Crippen LogP contribution in [0.15, 0.2) is 48.7 Å². The predicted molar refractivity (Wildman–Crippen MR) is 78.2 cm³/mol. The van der Waals surface area contributed by atoms with Gasteiger partial charge < -0.3 is 10.5 Å². The van der Waals surface area contributed by atoms with Gasteiger partial charge in [0, 0.05) is 6.20 Å². The Morgan fingerprint density at radius 2 is 1.90 bits per heavy atom. The number of anilines is 1. The highest BCUT2D eigenvalue weighted by atomic mass is 16.5. The van der Waals surface area contributed by atoms with E-state index < -0.39 is 0 Å². The lowest BCUT2D eigenvalue weighted by Gasteiger charge is -2.05. The molecular formula is C15H14N4O. The van der Waals surface area contributed by atoms with E-state index in [1.807, 2.05) is 42.5 Å². The van der Waals surface area contributed by atoms with Crippen LogP contribution in [-0.2, 0) is 0 Å². The van der Waals surface area contributed by atoms with Crippen molar-refractivity contribution in [3.05, 3.63) is 48.7 Å². The molecule has 0 amide bonds. The fraction of sp³-hybridized carbons (Fsp3) is 0.0667. The van der Waals surface area contributed by atoms with Gasteiger partial charge in [0.15, 0.2) is 5.82 Å². The van der Waals surface area contributed by atoms with Crippen LogP contribution in [0.2, 0.25) is 0 Å². The zero-order chi connectivity index (χ0) is 13.9. The van der Waals surface area contributed by atoms with Crippen molar-refractivity contribution in [1.82, 2.24) is 15.2 Å². The number of hydrogen-bond acceptors (Lipinski definition) is 4. The van der Waals surface area contributed by atoms with Gasteiger partial charge in [-0.15, -0.1) is 0 Å². The van der Waals surface area contributed by atoms with Gasteiger partial charge in [-0.05, 0) is 29.8 Å². The number of nitrogens with zero attached hydrogens (tertiary/aromatic N) is 2. The second-order valence-corrected chi connectivity index (χ2v) is 4.30. The number of hydrogen-bond donors (Lipinski definition) is 2. The molecule has 0 atom stereocenters. The van der Waals surface area contributed by atoms with Crippen molar-refractivity contribution in [3.63, 3.8) is 0 Å². The van der Waals surface area contributed by atoms with E-state index in [9.17, 15) is 0 Å². The highest BCUT2D eigenvalue weighted by molar-refractivity contribution is 5.86. The molecule has 0 fully saturated rings. The maximum Gasteiger partial charge on any atom is 0.153 e. The van der Waals surface area contributed by atoms with Crippen LogP contribution in [-0.4, -0.2) is 22.3 Å². The number of nitrogen functional groups attached to an aromatic ring is 1. The largest absolute Gasteiger partial charge is 0.497 e. The molecular weight excluding hydrogens is 252 g/mol. The molecule has 2 aromatic heterocycles. The summed E-state index contributed by atoms with van der Waals surface area (Å²) < 4.78 is 5.16. The van der Waals surface area contributed by atoms with E-state index in [0.29, 0.717) is 5.82 Å². The van der Waals surface area contributed by atoms with Gasteiger partial charge in [0.2, 0.25) is 0 Å². The molecule has 0 saturated heterocycles. The number of nitrogens with two attached hydrogens (primary N) is 1. The van der Waals surface area contributed by atoms with Crippen molar-refractivity contribution in [2.24, 2.45) is 0 Å². The molecule has 0 aliphatic rings. The lowest BCUT2D eigenvalue weighted by atomic mass is 10.0. The molecule has 0 spiro atoms. The summed E-state index contributed by atoms with van der Waals surface area (Å²) in [5, 5.41) is 7.04. The number of benzene rings is 1. The maximum absolute atomic E-state index is 5.98. The summed E-state index contributed by atoms with van der Waals surface area (Å²) in [5.74, 6) is 1.26.